The zero-order valence-corrected chi connectivity index (χ0v) is 14.9. The topological polar surface area (TPSA) is 47.6 Å². The molecule has 0 radical (unpaired) electrons. The third-order valence-corrected chi connectivity index (χ3v) is 5.10. The fourth-order valence-electron chi connectivity index (χ4n) is 3.57. The van der Waals surface area contributed by atoms with Crippen LogP contribution in [0, 0.1) is 5.92 Å². The van der Waals surface area contributed by atoms with E-state index in [4.69, 9.17) is 11.6 Å². The van der Waals surface area contributed by atoms with Crippen LogP contribution in [0.4, 0.5) is 10.5 Å². The van der Waals surface area contributed by atoms with E-state index in [0.29, 0.717) is 5.02 Å². The van der Waals surface area contributed by atoms with Gasteiger partial charge < -0.3 is 20.4 Å². The van der Waals surface area contributed by atoms with Crippen LogP contribution in [0.3, 0.4) is 0 Å². The first-order chi connectivity index (χ1) is 11.7. The molecule has 1 aromatic carbocycles. The van der Waals surface area contributed by atoms with E-state index in [1.54, 1.807) is 12.1 Å². The SMILES string of the molecule is O=C(Nc1cccc(Cl)c1)N1CCCN(CC2CCCNC2)CC1. The van der Waals surface area contributed by atoms with E-state index in [0.717, 1.165) is 63.8 Å². The van der Waals surface area contributed by atoms with Crippen LogP contribution in [0.25, 0.3) is 0 Å². The molecule has 2 N–H and O–H groups in total. The smallest absolute Gasteiger partial charge is 0.321 e. The molecule has 5 nitrogen and oxygen atoms in total. The molecule has 1 unspecified atom stereocenters. The van der Waals surface area contributed by atoms with Gasteiger partial charge in [-0.05, 0) is 63.0 Å². The highest BCUT2D eigenvalue weighted by molar-refractivity contribution is 6.30. The van der Waals surface area contributed by atoms with Crippen molar-refractivity contribution in [2.24, 2.45) is 5.92 Å². The standard InChI is InChI=1S/C18H27ClN4O/c19-16-5-1-6-17(12-16)21-18(24)23-9-3-8-22(10-11-23)14-15-4-2-7-20-13-15/h1,5-6,12,15,20H,2-4,7-11,13-14H2,(H,21,24). The van der Waals surface area contributed by atoms with E-state index in [-0.39, 0.29) is 6.03 Å². The monoisotopic (exact) mass is 350 g/mol. The number of benzene rings is 1. The maximum Gasteiger partial charge on any atom is 0.321 e. The van der Waals surface area contributed by atoms with Crippen LogP contribution < -0.4 is 10.6 Å². The Hall–Kier alpha value is -1.30. The number of anilines is 1. The molecule has 3 rings (SSSR count). The minimum Gasteiger partial charge on any atom is -0.323 e. The van der Waals surface area contributed by atoms with Gasteiger partial charge in [-0.2, -0.15) is 0 Å². The lowest BCUT2D eigenvalue weighted by atomic mass is 9.99. The molecule has 2 saturated heterocycles. The molecule has 2 aliphatic rings. The Kier molecular flexibility index (Phi) is 6.35. The van der Waals surface area contributed by atoms with Gasteiger partial charge in [0.1, 0.15) is 0 Å². The third kappa shape index (κ3) is 5.10. The molecule has 2 aliphatic heterocycles. The summed E-state index contributed by atoms with van der Waals surface area (Å²) in [5.74, 6) is 0.755. The van der Waals surface area contributed by atoms with Gasteiger partial charge in [-0.3, -0.25) is 0 Å². The van der Waals surface area contributed by atoms with Crippen LogP contribution in [0.5, 0.6) is 0 Å². The van der Waals surface area contributed by atoms with Gasteiger partial charge in [0.2, 0.25) is 0 Å². The number of piperidine rings is 1. The van der Waals surface area contributed by atoms with Gasteiger partial charge in [-0.1, -0.05) is 17.7 Å². The molecule has 24 heavy (non-hydrogen) atoms. The number of nitrogens with one attached hydrogen (secondary N) is 2. The first kappa shape index (κ1) is 17.5. The number of carbonyl (C=O) groups excluding carboxylic acids is 1. The van der Waals surface area contributed by atoms with Crippen molar-refractivity contribution in [2.45, 2.75) is 19.3 Å². The van der Waals surface area contributed by atoms with Crippen LogP contribution in [0.2, 0.25) is 5.02 Å². The van der Waals surface area contributed by atoms with Crippen molar-refractivity contribution in [3.8, 4) is 0 Å². The zero-order chi connectivity index (χ0) is 16.8. The molecule has 2 amide bonds. The third-order valence-electron chi connectivity index (χ3n) is 4.87. The molecule has 0 aliphatic carbocycles. The summed E-state index contributed by atoms with van der Waals surface area (Å²) in [5.41, 5.74) is 0.752. The minimum absolute atomic E-state index is 0.0292. The second-order valence-corrected chi connectivity index (χ2v) is 7.23. The summed E-state index contributed by atoms with van der Waals surface area (Å²) in [6.45, 7) is 7.08. The lowest BCUT2D eigenvalue weighted by molar-refractivity contribution is 0.201. The molecule has 0 bridgehead atoms. The van der Waals surface area contributed by atoms with Crippen molar-refractivity contribution in [1.82, 2.24) is 15.1 Å². The van der Waals surface area contributed by atoms with Gasteiger partial charge in [0.25, 0.3) is 0 Å². The van der Waals surface area contributed by atoms with E-state index >= 15 is 0 Å². The summed E-state index contributed by atoms with van der Waals surface area (Å²) in [4.78, 5) is 16.9. The lowest BCUT2D eigenvalue weighted by Crippen LogP contribution is -2.41. The molecule has 6 heteroatoms. The van der Waals surface area contributed by atoms with E-state index < -0.39 is 0 Å². The Morgan fingerprint density at radius 1 is 1.25 bits per heavy atom. The summed E-state index contributed by atoms with van der Waals surface area (Å²) >= 11 is 5.98. The van der Waals surface area contributed by atoms with Gasteiger partial charge in [-0.25, -0.2) is 4.79 Å². The fraction of sp³-hybridized carbons (Fsp3) is 0.611. The lowest BCUT2D eigenvalue weighted by Gasteiger charge is -2.29. The highest BCUT2D eigenvalue weighted by Crippen LogP contribution is 2.17. The molecule has 0 saturated carbocycles. The number of nitrogens with zero attached hydrogens (tertiary/aromatic N) is 2. The Labute approximate surface area is 149 Å². The molecular weight excluding hydrogens is 324 g/mol. The Morgan fingerprint density at radius 3 is 2.96 bits per heavy atom. The largest absolute Gasteiger partial charge is 0.323 e. The van der Waals surface area contributed by atoms with Crippen molar-refractivity contribution in [3.63, 3.8) is 0 Å². The maximum absolute atomic E-state index is 12.5. The Bertz CT molecular complexity index is 548. The van der Waals surface area contributed by atoms with Crippen molar-refractivity contribution >= 4 is 23.3 Å². The zero-order valence-electron chi connectivity index (χ0n) is 14.1. The summed E-state index contributed by atoms with van der Waals surface area (Å²) in [7, 11) is 0. The summed E-state index contributed by atoms with van der Waals surface area (Å²) in [6.07, 6.45) is 3.64. The van der Waals surface area contributed by atoms with Crippen LogP contribution in [-0.2, 0) is 0 Å². The Morgan fingerprint density at radius 2 is 2.17 bits per heavy atom. The number of hydrogen-bond donors (Lipinski definition) is 2. The minimum atomic E-state index is -0.0292. The molecule has 1 atom stereocenters. The molecule has 0 aromatic heterocycles. The van der Waals surface area contributed by atoms with Crippen LogP contribution in [0.1, 0.15) is 19.3 Å². The highest BCUT2D eigenvalue weighted by Gasteiger charge is 2.22. The summed E-state index contributed by atoms with van der Waals surface area (Å²) in [5, 5.41) is 7.07. The summed E-state index contributed by atoms with van der Waals surface area (Å²) in [6, 6.07) is 7.27. The quantitative estimate of drug-likeness (QED) is 0.881. The predicted molar refractivity (Wildman–Crippen MR) is 98.7 cm³/mol. The highest BCUT2D eigenvalue weighted by atomic mass is 35.5. The first-order valence-corrected chi connectivity index (χ1v) is 9.33. The molecule has 2 fully saturated rings. The normalized spacial score (nSPS) is 22.9. The second kappa shape index (κ2) is 8.70. The van der Waals surface area contributed by atoms with E-state index in [2.05, 4.69) is 15.5 Å². The molecular formula is C18H27ClN4O. The Balaban J connectivity index is 1.48. The molecule has 132 valence electrons. The van der Waals surface area contributed by atoms with E-state index in [9.17, 15) is 4.79 Å². The maximum atomic E-state index is 12.5. The van der Waals surface area contributed by atoms with Crippen molar-refractivity contribution in [1.29, 1.82) is 0 Å². The number of amides is 2. The van der Waals surface area contributed by atoms with Crippen LogP contribution in [0.15, 0.2) is 24.3 Å². The first-order valence-electron chi connectivity index (χ1n) is 8.95. The van der Waals surface area contributed by atoms with Gasteiger partial charge in [0.15, 0.2) is 0 Å². The van der Waals surface area contributed by atoms with Crippen LogP contribution >= 0.6 is 11.6 Å². The summed E-state index contributed by atoms with van der Waals surface area (Å²) < 4.78 is 0. The van der Waals surface area contributed by atoms with Gasteiger partial charge in [0, 0.05) is 36.9 Å². The van der Waals surface area contributed by atoms with Gasteiger partial charge >= 0.3 is 6.03 Å². The molecule has 1 aromatic rings. The number of hydrogen-bond acceptors (Lipinski definition) is 3. The number of rotatable bonds is 3. The van der Waals surface area contributed by atoms with E-state index in [1.165, 1.54) is 12.8 Å². The number of urea groups is 1. The van der Waals surface area contributed by atoms with E-state index in [1.807, 2.05) is 17.0 Å². The van der Waals surface area contributed by atoms with Crippen molar-refractivity contribution in [3.05, 3.63) is 29.3 Å². The van der Waals surface area contributed by atoms with Crippen molar-refractivity contribution in [2.75, 3.05) is 51.1 Å². The molecule has 2 heterocycles. The average molecular weight is 351 g/mol. The average Bonchev–Trinajstić information content (AvgIpc) is 2.81. The van der Waals surface area contributed by atoms with Crippen LogP contribution in [-0.4, -0.2) is 61.6 Å². The van der Waals surface area contributed by atoms with Gasteiger partial charge in [0.05, 0.1) is 0 Å². The molecule has 0 spiro atoms. The number of halogens is 1. The predicted octanol–water partition coefficient (Wildman–Crippen LogP) is 2.88. The number of carbonyl (C=O) groups is 1. The van der Waals surface area contributed by atoms with Crippen molar-refractivity contribution < 1.29 is 4.79 Å². The second-order valence-electron chi connectivity index (χ2n) is 6.79. The fourth-order valence-corrected chi connectivity index (χ4v) is 3.76. The van der Waals surface area contributed by atoms with Gasteiger partial charge in [-0.15, -0.1) is 0 Å².